The molecule has 4 fully saturated rings. The van der Waals surface area contributed by atoms with Crippen LogP contribution in [0.5, 0.6) is 0 Å². The fraction of sp³-hybridized carbons (Fsp3) is 0.867. The van der Waals surface area contributed by atoms with Gasteiger partial charge in [-0.05, 0) is 49.4 Å². The number of rotatable bonds is 2. The van der Waals surface area contributed by atoms with E-state index in [0.717, 1.165) is 24.8 Å². The number of amides is 1. The number of carbonyl (C=O) groups is 2. The van der Waals surface area contributed by atoms with Crippen LogP contribution in [0.15, 0.2) is 0 Å². The fourth-order valence-corrected chi connectivity index (χ4v) is 5.19. The lowest BCUT2D eigenvalue weighted by Gasteiger charge is -2.18. The van der Waals surface area contributed by atoms with Gasteiger partial charge in [0, 0.05) is 19.0 Å². The maximum Gasteiger partial charge on any atom is 0.310 e. The normalized spacial score (nSPS) is 46.3. The fourth-order valence-electron chi connectivity index (χ4n) is 5.19. The summed E-state index contributed by atoms with van der Waals surface area (Å²) < 4.78 is 4.78. The van der Waals surface area contributed by atoms with E-state index < -0.39 is 0 Å². The van der Waals surface area contributed by atoms with E-state index in [1.807, 2.05) is 4.90 Å². The third-order valence-electron chi connectivity index (χ3n) is 6.05. The van der Waals surface area contributed by atoms with E-state index in [2.05, 4.69) is 0 Å². The molecule has 0 N–H and O–H groups in total. The van der Waals surface area contributed by atoms with Gasteiger partial charge in [-0.2, -0.15) is 0 Å². The summed E-state index contributed by atoms with van der Waals surface area (Å²) in [7, 11) is 1.43. The Labute approximate surface area is 113 Å². The largest absolute Gasteiger partial charge is 0.469 e. The molecule has 3 saturated carbocycles. The van der Waals surface area contributed by atoms with Gasteiger partial charge in [0.05, 0.1) is 13.0 Å². The molecule has 0 aromatic carbocycles. The number of fused-ring (bicyclic) bond motifs is 5. The number of nitrogens with zero attached hydrogens (tertiary/aromatic N) is 1. The number of likely N-dealkylation sites (tertiary alicyclic amines) is 1. The molecule has 0 spiro atoms. The monoisotopic (exact) mass is 263 g/mol. The van der Waals surface area contributed by atoms with Crippen molar-refractivity contribution >= 4 is 11.9 Å². The van der Waals surface area contributed by atoms with Crippen molar-refractivity contribution in [2.45, 2.75) is 25.7 Å². The Morgan fingerprint density at radius 3 is 2.42 bits per heavy atom. The van der Waals surface area contributed by atoms with Crippen molar-refractivity contribution < 1.29 is 14.3 Å². The van der Waals surface area contributed by atoms with Gasteiger partial charge in [0.2, 0.25) is 5.91 Å². The summed E-state index contributed by atoms with van der Waals surface area (Å²) >= 11 is 0. The highest BCUT2D eigenvalue weighted by Gasteiger charge is 2.68. The van der Waals surface area contributed by atoms with Crippen LogP contribution in [0, 0.1) is 35.5 Å². The Bertz CT molecular complexity index is 419. The molecule has 5 atom stereocenters. The van der Waals surface area contributed by atoms with E-state index in [4.69, 9.17) is 4.74 Å². The highest BCUT2D eigenvalue weighted by atomic mass is 16.5. The molecule has 3 aliphatic carbocycles. The first-order chi connectivity index (χ1) is 9.20. The molecule has 0 radical (unpaired) electrons. The predicted octanol–water partition coefficient (Wildman–Crippen LogP) is 1.30. The second-order valence-electron chi connectivity index (χ2n) is 6.81. The van der Waals surface area contributed by atoms with Gasteiger partial charge in [0.15, 0.2) is 0 Å². The average molecular weight is 263 g/mol. The van der Waals surface area contributed by atoms with Crippen LogP contribution in [0.3, 0.4) is 0 Å². The molecular weight excluding hydrogens is 242 g/mol. The zero-order chi connectivity index (χ0) is 13.1. The molecule has 2 bridgehead atoms. The Balaban J connectivity index is 1.40. The second-order valence-corrected chi connectivity index (χ2v) is 6.81. The van der Waals surface area contributed by atoms with E-state index in [1.165, 1.54) is 26.4 Å². The van der Waals surface area contributed by atoms with Crippen LogP contribution in [0.4, 0.5) is 0 Å². The highest BCUT2D eigenvalue weighted by Crippen LogP contribution is 2.69. The molecule has 4 heteroatoms. The summed E-state index contributed by atoms with van der Waals surface area (Å²) in [6.07, 6.45) is 4.85. The first kappa shape index (κ1) is 11.7. The van der Waals surface area contributed by atoms with Gasteiger partial charge >= 0.3 is 5.97 Å². The lowest BCUT2D eigenvalue weighted by molar-refractivity contribution is -0.145. The predicted molar refractivity (Wildman–Crippen MR) is 68.0 cm³/mol. The van der Waals surface area contributed by atoms with Crippen molar-refractivity contribution in [3.8, 4) is 0 Å². The van der Waals surface area contributed by atoms with Crippen LogP contribution in [0.25, 0.3) is 0 Å². The van der Waals surface area contributed by atoms with Gasteiger partial charge in [0.1, 0.15) is 0 Å². The molecule has 19 heavy (non-hydrogen) atoms. The minimum absolute atomic E-state index is 0.0933. The minimum Gasteiger partial charge on any atom is -0.469 e. The molecule has 4 nitrogen and oxygen atoms in total. The number of hydrogen-bond donors (Lipinski definition) is 0. The molecule has 1 heterocycles. The van der Waals surface area contributed by atoms with E-state index in [9.17, 15) is 9.59 Å². The topological polar surface area (TPSA) is 46.6 Å². The summed E-state index contributed by atoms with van der Waals surface area (Å²) in [5, 5.41) is 0. The zero-order valence-corrected chi connectivity index (χ0v) is 11.4. The maximum absolute atomic E-state index is 12.6. The van der Waals surface area contributed by atoms with Gasteiger partial charge in [-0.3, -0.25) is 9.59 Å². The second kappa shape index (κ2) is 3.97. The molecule has 0 aromatic rings. The van der Waals surface area contributed by atoms with Gasteiger partial charge in [-0.1, -0.05) is 0 Å². The average Bonchev–Trinajstić information content (AvgIpc) is 2.83. The summed E-state index contributed by atoms with van der Waals surface area (Å²) in [5.74, 6) is 3.45. The minimum atomic E-state index is -0.161. The summed E-state index contributed by atoms with van der Waals surface area (Å²) in [4.78, 5) is 26.0. The third-order valence-corrected chi connectivity index (χ3v) is 6.05. The molecule has 0 aromatic heterocycles. The molecule has 1 saturated heterocycles. The van der Waals surface area contributed by atoms with Crippen molar-refractivity contribution in [3.63, 3.8) is 0 Å². The van der Waals surface area contributed by atoms with Gasteiger partial charge in [-0.15, -0.1) is 0 Å². The van der Waals surface area contributed by atoms with E-state index >= 15 is 0 Å². The number of hydrogen-bond acceptors (Lipinski definition) is 3. The number of methoxy groups -OCH3 is 1. The van der Waals surface area contributed by atoms with Gasteiger partial charge in [0.25, 0.3) is 0 Å². The van der Waals surface area contributed by atoms with Crippen molar-refractivity contribution in [1.29, 1.82) is 0 Å². The number of esters is 1. The Morgan fingerprint density at radius 2 is 1.79 bits per heavy atom. The van der Waals surface area contributed by atoms with Crippen LogP contribution in [-0.4, -0.2) is 37.0 Å². The van der Waals surface area contributed by atoms with Crippen LogP contribution in [-0.2, 0) is 14.3 Å². The molecule has 5 unspecified atom stereocenters. The van der Waals surface area contributed by atoms with Crippen LogP contribution in [0.2, 0.25) is 0 Å². The molecule has 4 rings (SSSR count). The van der Waals surface area contributed by atoms with Gasteiger partial charge < -0.3 is 9.64 Å². The number of ether oxygens (including phenoxy) is 1. The standard InChI is InChI=1S/C15H21NO3/c1-19-15(18)10-4-5-16(7-10)14(17)13-11-8-2-3-9(6-8)12(11)13/h8-13H,2-7H2,1H3. The lowest BCUT2D eigenvalue weighted by Crippen LogP contribution is -2.33. The quantitative estimate of drug-likeness (QED) is 0.706. The Morgan fingerprint density at radius 1 is 1.11 bits per heavy atom. The zero-order valence-electron chi connectivity index (χ0n) is 11.4. The smallest absolute Gasteiger partial charge is 0.310 e. The van der Waals surface area contributed by atoms with Crippen LogP contribution < -0.4 is 0 Å². The lowest BCUT2D eigenvalue weighted by atomic mass is 10.0. The van der Waals surface area contributed by atoms with Gasteiger partial charge in [-0.25, -0.2) is 0 Å². The molecule has 4 aliphatic rings. The van der Waals surface area contributed by atoms with Crippen molar-refractivity contribution in [3.05, 3.63) is 0 Å². The number of carbonyl (C=O) groups excluding carboxylic acids is 2. The highest BCUT2D eigenvalue weighted by molar-refractivity contribution is 5.84. The molecule has 1 amide bonds. The Hall–Kier alpha value is -1.06. The van der Waals surface area contributed by atoms with E-state index in [0.29, 0.717) is 30.2 Å². The first-order valence-corrected chi connectivity index (χ1v) is 7.57. The van der Waals surface area contributed by atoms with Crippen LogP contribution >= 0.6 is 0 Å². The van der Waals surface area contributed by atoms with Crippen LogP contribution in [0.1, 0.15) is 25.7 Å². The summed E-state index contributed by atoms with van der Waals surface area (Å²) in [5.41, 5.74) is 0. The SMILES string of the molecule is COC(=O)C1CCN(C(=O)C2C3C4CCC(C4)C23)C1. The molecular formula is C15H21NO3. The summed E-state index contributed by atoms with van der Waals surface area (Å²) in [6.45, 7) is 1.32. The summed E-state index contributed by atoms with van der Waals surface area (Å²) in [6, 6.07) is 0. The Kier molecular flexibility index (Phi) is 2.45. The van der Waals surface area contributed by atoms with Crippen molar-refractivity contribution in [2.75, 3.05) is 20.2 Å². The first-order valence-electron chi connectivity index (χ1n) is 7.57. The van der Waals surface area contributed by atoms with E-state index in [-0.39, 0.29) is 11.9 Å². The maximum atomic E-state index is 12.6. The van der Waals surface area contributed by atoms with Crippen molar-refractivity contribution in [1.82, 2.24) is 4.90 Å². The van der Waals surface area contributed by atoms with E-state index in [1.54, 1.807) is 0 Å². The molecule has 104 valence electrons. The molecule has 1 aliphatic heterocycles. The van der Waals surface area contributed by atoms with Crippen molar-refractivity contribution in [2.24, 2.45) is 35.5 Å². The third kappa shape index (κ3) is 1.58.